The van der Waals surface area contributed by atoms with Gasteiger partial charge in [-0.2, -0.15) is 12.6 Å². The molecule has 8 unspecified atom stereocenters. The number of amides is 5. The van der Waals surface area contributed by atoms with Crippen LogP contribution < -0.4 is 38.1 Å². The number of aliphatic hydroxyl groups is 3. The number of unbranched alkanes of at least 4 members (excludes halogenated alkanes) is 1. The van der Waals surface area contributed by atoms with Crippen LogP contribution in [-0.2, 0) is 35.2 Å². The van der Waals surface area contributed by atoms with Gasteiger partial charge in [-0.15, -0.1) is 0 Å². The van der Waals surface area contributed by atoms with Crippen molar-refractivity contribution in [2.45, 2.75) is 88.0 Å². The number of hydrogen-bond acceptors (Lipinski definition) is 12. The Hall–Kier alpha value is -3.81. The zero-order valence-electron chi connectivity index (χ0n) is 26.3. The molecule has 0 aliphatic carbocycles. The van der Waals surface area contributed by atoms with Gasteiger partial charge < -0.3 is 58.5 Å². The molecule has 1 rings (SSSR count). The second-order valence-electron chi connectivity index (χ2n) is 10.9. The van der Waals surface area contributed by atoms with Crippen molar-refractivity contribution < 1.29 is 49.2 Å². The minimum Gasteiger partial charge on any atom is -0.480 e. The summed E-state index contributed by atoms with van der Waals surface area (Å²) in [4.78, 5) is 76.3. The number of aliphatic hydroxyl groups excluding tert-OH is 3. The molecule has 0 aliphatic rings. The fourth-order valence-corrected chi connectivity index (χ4v) is 4.45. The van der Waals surface area contributed by atoms with Gasteiger partial charge >= 0.3 is 5.97 Å². The monoisotopic (exact) mass is 685 g/mol. The first-order valence-electron chi connectivity index (χ1n) is 15.0. The lowest BCUT2D eigenvalue weighted by molar-refractivity contribution is -0.142. The molecule has 1 aromatic rings. The van der Waals surface area contributed by atoms with Crippen molar-refractivity contribution in [3.63, 3.8) is 0 Å². The first-order chi connectivity index (χ1) is 22.2. The molecule has 0 saturated carbocycles. The average molecular weight is 686 g/mol. The molecule has 0 heterocycles. The Morgan fingerprint density at radius 2 is 1.23 bits per heavy atom. The van der Waals surface area contributed by atoms with Gasteiger partial charge in [0.05, 0.1) is 24.9 Å². The van der Waals surface area contributed by atoms with Gasteiger partial charge in [0.25, 0.3) is 0 Å². The Bertz CT molecular complexity index is 1190. The molecule has 47 heavy (non-hydrogen) atoms. The van der Waals surface area contributed by atoms with Crippen LogP contribution in [0, 0.1) is 0 Å². The third-order valence-electron chi connectivity index (χ3n) is 6.96. The third-order valence-corrected chi connectivity index (χ3v) is 7.32. The predicted molar refractivity (Wildman–Crippen MR) is 173 cm³/mol. The van der Waals surface area contributed by atoms with Crippen molar-refractivity contribution in [1.29, 1.82) is 0 Å². The molecular weight excluding hydrogens is 638 g/mol. The number of hydrogen-bond donors (Lipinski definition) is 12. The zero-order valence-corrected chi connectivity index (χ0v) is 27.2. The van der Waals surface area contributed by atoms with Crippen LogP contribution in [0.5, 0.6) is 0 Å². The van der Waals surface area contributed by atoms with Gasteiger partial charge in [-0.1, -0.05) is 36.8 Å². The second-order valence-corrected chi connectivity index (χ2v) is 11.3. The number of aliphatic carboxylic acids is 1. The number of benzene rings is 1. The van der Waals surface area contributed by atoms with Gasteiger partial charge in [-0.05, 0) is 38.8 Å². The number of carbonyl (C=O) groups excluding carboxylic acids is 5. The molecule has 13 N–H and O–H groups in total. The lowest BCUT2D eigenvalue weighted by Gasteiger charge is -2.28. The maximum Gasteiger partial charge on any atom is 0.327 e. The molecule has 0 aromatic heterocycles. The summed E-state index contributed by atoms with van der Waals surface area (Å²) in [6.07, 6.45) is -1.59. The molecule has 18 heteroatoms. The number of rotatable bonds is 21. The number of thiol groups is 1. The van der Waals surface area contributed by atoms with E-state index in [-0.39, 0.29) is 18.6 Å². The van der Waals surface area contributed by atoms with E-state index in [4.69, 9.17) is 16.6 Å². The summed E-state index contributed by atoms with van der Waals surface area (Å²) in [7, 11) is 0. The molecule has 0 saturated heterocycles. The van der Waals surface area contributed by atoms with E-state index < -0.39 is 90.6 Å². The van der Waals surface area contributed by atoms with Gasteiger partial charge in [0.2, 0.25) is 29.5 Å². The number of carboxylic acids is 1. The van der Waals surface area contributed by atoms with Crippen molar-refractivity contribution in [3.05, 3.63) is 35.9 Å². The summed E-state index contributed by atoms with van der Waals surface area (Å²) in [6, 6.07) is -0.257. The van der Waals surface area contributed by atoms with Crippen molar-refractivity contribution in [2.75, 3.05) is 18.9 Å². The maximum absolute atomic E-state index is 13.5. The van der Waals surface area contributed by atoms with Crippen LogP contribution in [0.25, 0.3) is 0 Å². The fraction of sp³-hybridized carbons (Fsp3) is 0.586. The minimum absolute atomic E-state index is 0.117. The van der Waals surface area contributed by atoms with Gasteiger partial charge in [0.15, 0.2) is 0 Å². The molecule has 264 valence electrons. The van der Waals surface area contributed by atoms with Crippen LogP contribution >= 0.6 is 12.6 Å². The van der Waals surface area contributed by atoms with Gasteiger partial charge in [0, 0.05) is 12.2 Å². The SMILES string of the molecule is CC(O)C(NC(=O)C(N)CCCCN)C(=O)NC(Cc1ccccc1)C(=O)NC(C(=O)NC(CO)C(=O)NC(CS)C(=O)O)C(C)O. The smallest absolute Gasteiger partial charge is 0.327 e. The molecule has 0 radical (unpaired) electrons. The first kappa shape index (κ1) is 41.2. The molecule has 17 nitrogen and oxygen atoms in total. The first-order valence-corrected chi connectivity index (χ1v) is 15.6. The topological polar surface area (TPSA) is 296 Å². The Labute approximate surface area is 278 Å². The molecule has 1 aromatic carbocycles. The van der Waals surface area contributed by atoms with Crippen molar-refractivity contribution in [1.82, 2.24) is 26.6 Å². The van der Waals surface area contributed by atoms with Crippen LogP contribution in [0.1, 0.15) is 38.7 Å². The summed E-state index contributed by atoms with van der Waals surface area (Å²) in [5.74, 6) is -6.45. The normalized spacial score (nSPS) is 16.2. The highest BCUT2D eigenvalue weighted by Gasteiger charge is 2.35. The zero-order chi connectivity index (χ0) is 35.7. The average Bonchev–Trinajstić information content (AvgIpc) is 3.02. The van der Waals surface area contributed by atoms with Crippen molar-refractivity contribution >= 4 is 48.1 Å². The number of nitrogens with two attached hydrogens (primary N) is 2. The summed E-state index contributed by atoms with van der Waals surface area (Å²) in [5, 5.41) is 50.9. The Morgan fingerprint density at radius 1 is 0.745 bits per heavy atom. The molecule has 5 amide bonds. The Morgan fingerprint density at radius 3 is 1.70 bits per heavy atom. The van der Waals surface area contributed by atoms with Crippen LogP contribution in [-0.4, -0.2) is 123 Å². The lowest BCUT2D eigenvalue weighted by Crippen LogP contribution is -2.63. The van der Waals surface area contributed by atoms with Crippen LogP contribution in [0.15, 0.2) is 30.3 Å². The Kier molecular flexibility index (Phi) is 18.5. The van der Waals surface area contributed by atoms with E-state index in [9.17, 15) is 44.1 Å². The van der Waals surface area contributed by atoms with Crippen LogP contribution in [0.3, 0.4) is 0 Å². The quantitative estimate of drug-likeness (QED) is 0.0434. The summed E-state index contributed by atoms with van der Waals surface area (Å²) >= 11 is 3.84. The highest BCUT2D eigenvalue weighted by molar-refractivity contribution is 7.80. The van der Waals surface area contributed by atoms with Gasteiger partial charge in [-0.25, -0.2) is 4.79 Å². The third kappa shape index (κ3) is 14.2. The summed E-state index contributed by atoms with van der Waals surface area (Å²) in [5.41, 5.74) is 12.0. The maximum atomic E-state index is 13.5. The van der Waals surface area contributed by atoms with Gasteiger partial charge in [-0.3, -0.25) is 24.0 Å². The van der Waals surface area contributed by atoms with E-state index in [2.05, 4.69) is 39.2 Å². The van der Waals surface area contributed by atoms with E-state index in [1.807, 2.05) is 0 Å². The number of nitrogens with one attached hydrogen (secondary N) is 5. The summed E-state index contributed by atoms with van der Waals surface area (Å²) in [6.45, 7) is 1.89. The van der Waals surface area contributed by atoms with Crippen molar-refractivity contribution in [3.8, 4) is 0 Å². The highest BCUT2D eigenvalue weighted by Crippen LogP contribution is 2.07. The van der Waals surface area contributed by atoms with Gasteiger partial charge in [0.1, 0.15) is 30.2 Å². The minimum atomic E-state index is -1.71. The van der Waals surface area contributed by atoms with Crippen molar-refractivity contribution in [2.24, 2.45) is 11.5 Å². The van der Waals surface area contributed by atoms with E-state index >= 15 is 0 Å². The lowest BCUT2D eigenvalue weighted by atomic mass is 10.0. The van der Waals surface area contributed by atoms with Crippen LogP contribution in [0.2, 0.25) is 0 Å². The number of carboxylic acid groups (broad SMARTS) is 1. The second kappa shape index (κ2) is 21.1. The molecular formula is C29H47N7O10S. The molecule has 0 spiro atoms. The number of carbonyl (C=O) groups is 6. The fourth-order valence-electron chi connectivity index (χ4n) is 4.20. The molecule has 8 atom stereocenters. The standard InChI is InChI=1S/C29H47N7O10S/c1-15(38)22(35-24(40)18(31)10-6-7-11-30)27(43)32-19(12-17-8-4-3-5-9-17)25(41)36-23(16(2)39)28(44)33-20(13-37)26(42)34-21(14-47)29(45)46/h3-5,8-9,15-16,18-23,37-39,47H,6-7,10-14,30-31H2,1-2H3,(H,32,43)(H,33,44)(H,34,42)(H,35,40)(H,36,41)(H,45,46). The Balaban J connectivity index is 3.18. The molecule has 0 fully saturated rings. The molecule has 0 bridgehead atoms. The van der Waals surface area contributed by atoms with Crippen LogP contribution in [0.4, 0.5) is 0 Å². The van der Waals surface area contributed by atoms with E-state index in [0.29, 0.717) is 24.9 Å². The predicted octanol–water partition coefficient (Wildman–Crippen LogP) is -4.12. The van der Waals surface area contributed by atoms with E-state index in [1.54, 1.807) is 30.3 Å². The van der Waals surface area contributed by atoms with E-state index in [0.717, 1.165) is 0 Å². The summed E-state index contributed by atoms with van der Waals surface area (Å²) < 4.78 is 0. The largest absolute Gasteiger partial charge is 0.480 e. The highest BCUT2D eigenvalue weighted by atomic mass is 32.1. The van der Waals surface area contributed by atoms with E-state index in [1.165, 1.54) is 13.8 Å². The molecule has 0 aliphatic heterocycles.